The van der Waals surface area contributed by atoms with Gasteiger partial charge < -0.3 is 5.11 Å². The number of aliphatic hydroxyl groups is 1. The van der Waals surface area contributed by atoms with E-state index in [4.69, 9.17) is 5.11 Å². The number of benzene rings is 1. The van der Waals surface area contributed by atoms with Gasteiger partial charge in [0.25, 0.3) is 0 Å². The van der Waals surface area contributed by atoms with E-state index < -0.39 is 22.4 Å². The normalized spacial score (nSPS) is 21.1. The van der Waals surface area contributed by atoms with Crippen LogP contribution in [-0.2, 0) is 16.6 Å². The lowest BCUT2D eigenvalue weighted by Crippen LogP contribution is -2.39. The van der Waals surface area contributed by atoms with Gasteiger partial charge in [-0.3, -0.25) is 0 Å². The van der Waals surface area contributed by atoms with Gasteiger partial charge in [0.15, 0.2) is 0 Å². The van der Waals surface area contributed by atoms with Crippen LogP contribution in [0.1, 0.15) is 30.9 Å². The number of nitrogens with zero attached hydrogens (tertiary/aromatic N) is 1. The summed E-state index contributed by atoms with van der Waals surface area (Å²) in [7, 11) is -3.61. The molecule has 0 aliphatic carbocycles. The number of aryl methyl sites for hydroxylation is 1. The summed E-state index contributed by atoms with van der Waals surface area (Å²) in [5.41, 5.74) is 0.258. The van der Waals surface area contributed by atoms with Crippen molar-refractivity contribution in [2.24, 2.45) is 5.92 Å². The minimum atomic E-state index is -3.61. The molecule has 2 rings (SSSR count). The summed E-state index contributed by atoms with van der Waals surface area (Å²) < 4.78 is 40.3. The number of rotatable bonds is 3. The van der Waals surface area contributed by atoms with Gasteiger partial charge in [-0.2, -0.15) is 4.31 Å². The van der Waals surface area contributed by atoms with Gasteiger partial charge in [-0.15, -0.1) is 0 Å². The zero-order chi connectivity index (χ0) is 14.9. The van der Waals surface area contributed by atoms with Crippen molar-refractivity contribution in [3.05, 3.63) is 29.1 Å². The van der Waals surface area contributed by atoms with Crippen molar-refractivity contribution < 1.29 is 17.9 Å². The molecule has 0 aromatic heterocycles. The zero-order valence-electron chi connectivity index (χ0n) is 11.8. The zero-order valence-corrected chi connectivity index (χ0v) is 12.6. The molecular formula is C14H20FNO3S. The Morgan fingerprint density at radius 1 is 1.45 bits per heavy atom. The molecule has 1 N–H and O–H groups in total. The summed E-state index contributed by atoms with van der Waals surface area (Å²) in [5.74, 6) is -0.212. The molecule has 1 atom stereocenters. The highest BCUT2D eigenvalue weighted by Crippen LogP contribution is 2.26. The molecule has 1 aliphatic heterocycles. The van der Waals surface area contributed by atoms with Crippen molar-refractivity contribution in [2.45, 2.75) is 38.2 Å². The van der Waals surface area contributed by atoms with Crippen molar-refractivity contribution >= 4 is 10.0 Å². The smallest absolute Gasteiger partial charge is 0.243 e. The molecule has 1 aliphatic rings. The van der Waals surface area contributed by atoms with Crippen LogP contribution < -0.4 is 0 Å². The van der Waals surface area contributed by atoms with Gasteiger partial charge in [0.05, 0.1) is 11.5 Å². The summed E-state index contributed by atoms with van der Waals surface area (Å²) in [4.78, 5) is 0.0644. The monoisotopic (exact) mass is 301 g/mol. The van der Waals surface area contributed by atoms with Crippen molar-refractivity contribution in [3.63, 3.8) is 0 Å². The molecule has 1 unspecified atom stereocenters. The topological polar surface area (TPSA) is 57.6 Å². The van der Waals surface area contributed by atoms with Gasteiger partial charge >= 0.3 is 0 Å². The third-order valence-electron chi connectivity index (χ3n) is 3.73. The van der Waals surface area contributed by atoms with Crippen LogP contribution in [0, 0.1) is 18.7 Å². The molecule has 0 radical (unpaired) electrons. The first-order valence-electron chi connectivity index (χ1n) is 6.76. The van der Waals surface area contributed by atoms with Gasteiger partial charge in [-0.25, -0.2) is 12.8 Å². The standard InChI is InChI=1S/C14H20FNO3S/c1-10-4-3-5-16(8-10)20(18,19)13-6-11(2)14(15)12(7-13)9-17/h6-7,10,17H,3-5,8-9H2,1-2H3. The van der Waals surface area contributed by atoms with E-state index in [2.05, 4.69) is 0 Å². The molecule has 1 aromatic carbocycles. The molecule has 0 spiro atoms. The number of sulfonamides is 1. The summed E-state index contributed by atoms with van der Waals surface area (Å²) in [6, 6.07) is 2.57. The largest absolute Gasteiger partial charge is 0.392 e. The van der Waals surface area contributed by atoms with Crippen LogP contribution in [0.4, 0.5) is 4.39 Å². The first kappa shape index (κ1) is 15.4. The van der Waals surface area contributed by atoms with E-state index >= 15 is 0 Å². The van der Waals surface area contributed by atoms with Crippen molar-refractivity contribution in [3.8, 4) is 0 Å². The molecule has 4 nitrogen and oxygen atoms in total. The fourth-order valence-corrected chi connectivity index (χ4v) is 4.32. The number of hydrogen-bond donors (Lipinski definition) is 1. The van der Waals surface area contributed by atoms with Crippen LogP contribution in [0.5, 0.6) is 0 Å². The quantitative estimate of drug-likeness (QED) is 0.929. The van der Waals surface area contributed by atoms with Gasteiger partial charge in [0.2, 0.25) is 10.0 Å². The predicted molar refractivity (Wildman–Crippen MR) is 74.2 cm³/mol. The maximum absolute atomic E-state index is 13.7. The summed E-state index contributed by atoms with van der Waals surface area (Å²) in [5, 5.41) is 9.14. The summed E-state index contributed by atoms with van der Waals surface area (Å²) in [6.45, 7) is 4.01. The van der Waals surface area contributed by atoms with E-state index in [9.17, 15) is 12.8 Å². The molecule has 6 heteroatoms. The van der Waals surface area contributed by atoms with Crippen molar-refractivity contribution in [1.29, 1.82) is 0 Å². The molecule has 1 fully saturated rings. The van der Waals surface area contributed by atoms with Gasteiger partial charge in [-0.1, -0.05) is 6.92 Å². The summed E-state index contributed by atoms with van der Waals surface area (Å²) in [6.07, 6.45) is 1.86. The molecular weight excluding hydrogens is 281 g/mol. The van der Waals surface area contributed by atoms with E-state index in [1.54, 1.807) is 0 Å². The first-order valence-corrected chi connectivity index (χ1v) is 8.20. The average Bonchev–Trinajstić information content (AvgIpc) is 2.41. The van der Waals surface area contributed by atoms with Gasteiger partial charge in [0.1, 0.15) is 5.82 Å². The van der Waals surface area contributed by atoms with Crippen LogP contribution in [0.3, 0.4) is 0 Å². The molecule has 1 saturated heterocycles. The molecule has 1 aromatic rings. The third kappa shape index (κ3) is 2.87. The Morgan fingerprint density at radius 3 is 2.75 bits per heavy atom. The maximum atomic E-state index is 13.7. The van der Waals surface area contributed by atoms with Crippen LogP contribution >= 0.6 is 0 Å². The molecule has 0 amide bonds. The Labute approximate surface area is 119 Å². The molecule has 1 heterocycles. The highest BCUT2D eigenvalue weighted by molar-refractivity contribution is 7.89. The number of aliphatic hydroxyl groups excluding tert-OH is 1. The third-order valence-corrected chi connectivity index (χ3v) is 5.57. The van der Waals surface area contributed by atoms with Gasteiger partial charge in [-0.05, 0) is 43.4 Å². The average molecular weight is 301 g/mol. The SMILES string of the molecule is Cc1cc(S(=O)(=O)N2CCCC(C)C2)cc(CO)c1F. The van der Waals surface area contributed by atoms with E-state index in [0.29, 0.717) is 19.0 Å². The van der Waals surface area contributed by atoms with Crippen LogP contribution in [-0.4, -0.2) is 30.9 Å². The molecule has 112 valence electrons. The van der Waals surface area contributed by atoms with Crippen LogP contribution in [0.25, 0.3) is 0 Å². The second-order valence-electron chi connectivity index (χ2n) is 5.48. The predicted octanol–water partition coefficient (Wildman–Crippen LogP) is 2.05. The second-order valence-corrected chi connectivity index (χ2v) is 7.42. The Morgan fingerprint density at radius 2 is 2.15 bits per heavy atom. The highest BCUT2D eigenvalue weighted by Gasteiger charge is 2.29. The van der Waals surface area contributed by atoms with E-state index in [-0.39, 0.29) is 16.0 Å². The fraction of sp³-hybridized carbons (Fsp3) is 0.571. The van der Waals surface area contributed by atoms with Gasteiger partial charge in [0, 0.05) is 18.7 Å². The fourth-order valence-electron chi connectivity index (χ4n) is 2.58. The Kier molecular flexibility index (Phi) is 4.46. The Hall–Kier alpha value is -0.980. The Bertz CT molecular complexity index is 601. The van der Waals surface area contributed by atoms with Crippen molar-refractivity contribution in [1.82, 2.24) is 4.31 Å². The lowest BCUT2D eigenvalue weighted by atomic mass is 10.0. The van der Waals surface area contributed by atoms with E-state index in [1.807, 2.05) is 6.92 Å². The molecule has 20 heavy (non-hydrogen) atoms. The minimum Gasteiger partial charge on any atom is -0.392 e. The lowest BCUT2D eigenvalue weighted by Gasteiger charge is -2.30. The van der Waals surface area contributed by atoms with Crippen molar-refractivity contribution in [2.75, 3.05) is 13.1 Å². The first-order chi connectivity index (χ1) is 9.36. The van der Waals surface area contributed by atoms with E-state index in [0.717, 1.165) is 12.8 Å². The maximum Gasteiger partial charge on any atom is 0.243 e. The highest BCUT2D eigenvalue weighted by atomic mass is 32.2. The van der Waals surface area contributed by atoms with Crippen LogP contribution in [0.15, 0.2) is 17.0 Å². The Balaban J connectivity index is 2.41. The minimum absolute atomic E-state index is 0.0219. The van der Waals surface area contributed by atoms with E-state index in [1.165, 1.54) is 23.4 Å². The summed E-state index contributed by atoms with van der Waals surface area (Å²) >= 11 is 0. The number of hydrogen-bond acceptors (Lipinski definition) is 3. The van der Waals surface area contributed by atoms with Crippen LogP contribution in [0.2, 0.25) is 0 Å². The molecule has 0 bridgehead atoms. The second kappa shape index (κ2) is 5.79. The number of piperidine rings is 1. The lowest BCUT2D eigenvalue weighted by molar-refractivity contribution is 0.274. The number of halogens is 1. The molecule has 0 saturated carbocycles.